The van der Waals surface area contributed by atoms with Gasteiger partial charge in [-0.1, -0.05) is 24.3 Å². The van der Waals surface area contributed by atoms with Crippen LogP contribution in [0.5, 0.6) is 0 Å². The predicted octanol–water partition coefficient (Wildman–Crippen LogP) is 1.16. The number of amides is 2. The summed E-state index contributed by atoms with van der Waals surface area (Å²) in [5.74, 6) is 0.0601. The van der Waals surface area contributed by atoms with Crippen LogP contribution in [-0.2, 0) is 22.6 Å². The molecule has 3 rings (SSSR count). The van der Waals surface area contributed by atoms with E-state index in [1.165, 1.54) is 11.1 Å². The maximum Gasteiger partial charge on any atom is 0.234 e. The summed E-state index contributed by atoms with van der Waals surface area (Å²) in [5.41, 5.74) is 8.00. The number of primary amides is 1. The number of nitrogens with zero attached hydrogens (tertiary/aromatic N) is 2. The maximum absolute atomic E-state index is 12.8. The van der Waals surface area contributed by atoms with Gasteiger partial charge in [-0.15, -0.1) is 0 Å². The van der Waals surface area contributed by atoms with Gasteiger partial charge in [-0.05, 0) is 50.4 Å². The van der Waals surface area contributed by atoms with Crippen LogP contribution >= 0.6 is 0 Å². The third kappa shape index (κ3) is 3.39. The molecule has 0 radical (unpaired) electrons. The number of nitrogens with two attached hydrogens (primary N) is 1. The zero-order valence-electron chi connectivity index (χ0n) is 13.7. The van der Waals surface area contributed by atoms with Crippen molar-refractivity contribution in [2.24, 2.45) is 11.7 Å². The Bertz CT molecular complexity index is 594. The molecule has 2 aliphatic heterocycles. The first-order valence-corrected chi connectivity index (χ1v) is 8.45. The lowest BCUT2D eigenvalue weighted by Gasteiger charge is -2.37. The van der Waals surface area contributed by atoms with Gasteiger partial charge in [-0.25, -0.2) is 0 Å². The highest BCUT2D eigenvalue weighted by Gasteiger charge is 2.32. The van der Waals surface area contributed by atoms with Crippen molar-refractivity contribution in [2.75, 3.05) is 19.6 Å². The average Bonchev–Trinajstić information content (AvgIpc) is 2.60. The lowest BCUT2D eigenvalue weighted by Crippen LogP contribution is -2.49. The number of fused-ring (bicyclic) bond motifs is 1. The van der Waals surface area contributed by atoms with Crippen LogP contribution in [0, 0.1) is 5.92 Å². The summed E-state index contributed by atoms with van der Waals surface area (Å²) < 4.78 is 0. The Balaban J connectivity index is 1.57. The zero-order valence-corrected chi connectivity index (χ0v) is 13.7. The molecule has 2 amide bonds. The first-order chi connectivity index (χ1) is 11.1. The van der Waals surface area contributed by atoms with E-state index >= 15 is 0 Å². The van der Waals surface area contributed by atoms with Crippen LogP contribution in [0.15, 0.2) is 24.3 Å². The Morgan fingerprint density at radius 3 is 2.43 bits per heavy atom. The van der Waals surface area contributed by atoms with Crippen LogP contribution in [0.1, 0.15) is 30.9 Å². The lowest BCUT2D eigenvalue weighted by molar-refractivity contribution is -0.138. The zero-order chi connectivity index (χ0) is 16.4. The number of likely N-dealkylation sites (tertiary alicyclic amines) is 1. The van der Waals surface area contributed by atoms with Crippen molar-refractivity contribution in [2.45, 2.75) is 38.8 Å². The fraction of sp³-hybridized carbons (Fsp3) is 0.556. The monoisotopic (exact) mass is 315 g/mol. The van der Waals surface area contributed by atoms with Crippen LogP contribution in [0.3, 0.4) is 0 Å². The Hall–Kier alpha value is -1.88. The SMILES string of the molecule is C[C@H](C(N)=O)N1CCC(C(=O)N2CCc3ccccc3C2)CC1. The van der Waals surface area contributed by atoms with Gasteiger partial charge in [-0.3, -0.25) is 14.5 Å². The minimum Gasteiger partial charge on any atom is -0.368 e. The molecule has 1 aromatic rings. The third-order valence-electron chi connectivity index (χ3n) is 5.28. The number of carbonyl (C=O) groups is 2. The number of piperidine rings is 1. The van der Waals surface area contributed by atoms with E-state index in [9.17, 15) is 9.59 Å². The minimum absolute atomic E-state index is 0.0802. The molecule has 2 aliphatic rings. The number of hydrogen-bond acceptors (Lipinski definition) is 3. The van der Waals surface area contributed by atoms with E-state index in [2.05, 4.69) is 23.1 Å². The van der Waals surface area contributed by atoms with Gasteiger partial charge >= 0.3 is 0 Å². The molecule has 0 saturated carbocycles. The summed E-state index contributed by atoms with van der Waals surface area (Å²) in [7, 11) is 0. The van der Waals surface area contributed by atoms with Crippen molar-refractivity contribution >= 4 is 11.8 Å². The molecule has 23 heavy (non-hydrogen) atoms. The van der Waals surface area contributed by atoms with Gasteiger partial charge in [0.15, 0.2) is 0 Å². The maximum atomic E-state index is 12.8. The van der Waals surface area contributed by atoms with Crippen molar-refractivity contribution in [1.29, 1.82) is 0 Å². The smallest absolute Gasteiger partial charge is 0.234 e. The quantitative estimate of drug-likeness (QED) is 0.910. The van der Waals surface area contributed by atoms with E-state index < -0.39 is 0 Å². The number of hydrogen-bond donors (Lipinski definition) is 1. The van der Waals surface area contributed by atoms with Gasteiger partial charge in [0, 0.05) is 19.0 Å². The van der Waals surface area contributed by atoms with Crippen LogP contribution < -0.4 is 5.73 Å². The molecule has 2 N–H and O–H groups in total. The predicted molar refractivity (Wildman–Crippen MR) is 88.5 cm³/mol. The van der Waals surface area contributed by atoms with E-state index in [1.807, 2.05) is 17.9 Å². The molecule has 1 atom stereocenters. The molecule has 1 aromatic carbocycles. The van der Waals surface area contributed by atoms with Crippen LogP contribution in [0.4, 0.5) is 0 Å². The Morgan fingerprint density at radius 2 is 1.78 bits per heavy atom. The normalized spacial score (nSPS) is 20.8. The Morgan fingerprint density at radius 1 is 1.13 bits per heavy atom. The van der Waals surface area contributed by atoms with E-state index in [0.29, 0.717) is 0 Å². The third-order valence-corrected chi connectivity index (χ3v) is 5.28. The summed E-state index contributed by atoms with van der Waals surface area (Å²) in [6.07, 6.45) is 2.57. The highest BCUT2D eigenvalue weighted by molar-refractivity contribution is 5.80. The van der Waals surface area contributed by atoms with Gasteiger partial charge in [-0.2, -0.15) is 0 Å². The highest BCUT2D eigenvalue weighted by Crippen LogP contribution is 2.25. The van der Waals surface area contributed by atoms with Gasteiger partial charge in [0.25, 0.3) is 0 Å². The number of carbonyl (C=O) groups excluding carboxylic acids is 2. The van der Waals surface area contributed by atoms with Crippen molar-refractivity contribution in [3.8, 4) is 0 Å². The van der Waals surface area contributed by atoms with Crippen LogP contribution in [0.25, 0.3) is 0 Å². The van der Waals surface area contributed by atoms with E-state index in [-0.39, 0.29) is 23.8 Å². The largest absolute Gasteiger partial charge is 0.368 e. The molecular weight excluding hydrogens is 290 g/mol. The van der Waals surface area contributed by atoms with Crippen molar-refractivity contribution in [3.63, 3.8) is 0 Å². The average molecular weight is 315 g/mol. The first-order valence-electron chi connectivity index (χ1n) is 8.45. The molecule has 0 spiro atoms. The second-order valence-corrected chi connectivity index (χ2v) is 6.67. The van der Waals surface area contributed by atoms with Gasteiger partial charge < -0.3 is 10.6 Å². The molecule has 0 aliphatic carbocycles. The number of rotatable bonds is 3. The van der Waals surface area contributed by atoms with E-state index in [1.54, 1.807) is 0 Å². The molecule has 5 nitrogen and oxygen atoms in total. The van der Waals surface area contributed by atoms with Crippen molar-refractivity contribution in [3.05, 3.63) is 35.4 Å². The minimum atomic E-state index is -0.289. The Labute approximate surface area is 137 Å². The summed E-state index contributed by atoms with van der Waals surface area (Å²) in [6, 6.07) is 8.13. The highest BCUT2D eigenvalue weighted by atomic mass is 16.2. The molecule has 5 heteroatoms. The molecule has 1 saturated heterocycles. The molecular formula is C18H25N3O2. The van der Waals surface area contributed by atoms with Gasteiger partial charge in [0.2, 0.25) is 11.8 Å². The first kappa shape index (κ1) is 16.0. The van der Waals surface area contributed by atoms with Gasteiger partial charge in [0.05, 0.1) is 6.04 Å². The standard InChI is InChI=1S/C18H25N3O2/c1-13(17(19)22)20-9-7-15(8-10-20)18(23)21-11-6-14-4-2-3-5-16(14)12-21/h2-5,13,15H,6-12H2,1H3,(H2,19,22)/t13-/m1/s1. The Kier molecular flexibility index (Phi) is 4.66. The molecule has 124 valence electrons. The van der Waals surface area contributed by atoms with Gasteiger partial charge in [0.1, 0.15) is 0 Å². The second-order valence-electron chi connectivity index (χ2n) is 6.67. The topological polar surface area (TPSA) is 66.6 Å². The molecule has 0 unspecified atom stereocenters. The van der Waals surface area contributed by atoms with E-state index in [0.717, 1.165) is 45.4 Å². The fourth-order valence-electron chi connectivity index (χ4n) is 3.66. The van der Waals surface area contributed by atoms with E-state index in [4.69, 9.17) is 5.73 Å². The summed E-state index contributed by atoms with van der Waals surface area (Å²) in [4.78, 5) is 28.2. The fourth-order valence-corrected chi connectivity index (χ4v) is 3.66. The molecule has 0 bridgehead atoms. The summed E-state index contributed by atoms with van der Waals surface area (Å²) in [6.45, 7) is 4.92. The second kappa shape index (κ2) is 6.71. The summed E-state index contributed by atoms with van der Waals surface area (Å²) >= 11 is 0. The molecule has 2 heterocycles. The summed E-state index contributed by atoms with van der Waals surface area (Å²) in [5, 5.41) is 0. The lowest BCUT2D eigenvalue weighted by atomic mass is 9.92. The molecule has 1 fully saturated rings. The van der Waals surface area contributed by atoms with Crippen LogP contribution in [0.2, 0.25) is 0 Å². The van der Waals surface area contributed by atoms with Crippen LogP contribution in [-0.4, -0.2) is 47.3 Å². The van der Waals surface area contributed by atoms with Crippen molar-refractivity contribution in [1.82, 2.24) is 9.80 Å². The molecule has 0 aromatic heterocycles. The van der Waals surface area contributed by atoms with Crippen molar-refractivity contribution < 1.29 is 9.59 Å². The number of benzene rings is 1.